The van der Waals surface area contributed by atoms with E-state index < -0.39 is 5.97 Å². The van der Waals surface area contributed by atoms with Crippen LogP contribution in [0.3, 0.4) is 0 Å². The van der Waals surface area contributed by atoms with Gasteiger partial charge in [-0.25, -0.2) is 4.79 Å². The number of piperidine rings is 1. The predicted molar refractivity (Wildman–Crippen MR) is 75.1 cm³/mol. The molecular weight excluding hydrogens is 240 g/mol. The molecule has 1 fully saturated rings. The van der Waals surface area contributed by atoms with Crippen molar-refractivity contribution in [1.29, 1.82) is 0 Å². The molecule has 4 heteroatoms. The summed E-state index contributed by atoms with van der Waals surface area (Å²) in [5.74, 6) is -0.877. The van der Waals surface area contributed by atoms with Crippen molar-refractivity contribution < 1.29 is 9.90 Å². The molecule has 1 aromatic carbocycles. The van der Waals surface area contributed by atoms with E-state index in [0.29, 0.717) is 24.2 Å². The number of rotatable bonds is 4. The topological polar surface area (TPSA) is 66.6 Å². The Labute approximate surface area is 114 Å². The van der Waals surface area contributed by atoms with Crippen molar-refractivity contribution in [3.63, 3.8) is 0 Å². The Morgan fingerprint density at radius 3 is 2.63 bits per heavy atom. The van der Waals surface area contributed by atoms with Crippen LogP contribution in [0.2, 0.25) is 0 Å². The van der Waals surface area contributed by atoms with Gasteiger partial charge in [0.05, 0.1) is 5.56 Å². The summed E-state index contributed by atoms with van der Waals surface area (Å²) in [6.45, 7) is 3.79. The molecule has 0 aromatic heterocycles. The van der Waals surface area contributed by atoms with Crippen LogP contribution in [0.25, 0.3) is 0 Å². The van der Waals surface area contributed by atoms with Gasteiger partial charge in [-0.1, -0.05) is 18.6 Å². The Bertz CT molecular complexity index is 430. The molecule has 0 saturated carbocycles. The van der Waals surface area contributed by atoms with Crippen LogP contribution >= 0.6 is 0 Å². The lowest BCUT2D eigenvalue weighted by atomic mass is 9.95. The molecule has 104 valence electrons. The lowest BCUT2D eigenvalue weighted by Gasteiger charge is -2.40. The summed E-state index contributed by atoms with van der Waals surface area (Å²) in [6, 6.07) is 8.13. The number of carboxylic acids is 1. The Hall–Kier alpha value is -1.39. The second-order valence-electron chi connectivity index (χ2n) is 5.34. The minimum atomic E-state index is -0.877. The van der Waals surface area contributed by atoms with E-state index in [-0.39, 0.29) is 0 Å². The average Bonchev–Trinajstić information content (AvgIpc) is 2.41. The number of likely N-dealkylation sites (tertiary alicyclic amines) is 1. The second-order valence-corrected chi connectivity index (χ2v) is 5.34. The largest absolute Gasteiger partial charge is 0.478 e. The lowest BCUT2D eigenvalue weighted by Crippen LogP contribution is -2.48. The summed E-state index contributed by atoms with van der Waals surface area (Å²) < 4.78 is 0. The smallest absolute Gasteiger partial charge is 0.335 e. The molecule has 0 amide bonds. The first-order valence-electron chi connectivity index (χ1n) is 6.90. The van der Waals surface area contributed by atoms with E-state index in [1.807, 2.05) is 12.1 Å². The summed E-state index contributed by atoms with van der Waals surface area (Å²) in [5.41, 5.74) is 7.34. The van der Waals surface area contributed by atoms with Gasteiger partial charge in [-0.3, -0.25) is 4.90 Å². The summed E-state index contributed by atoms with van der Waals surface area (Å²) in [5, 5.41) is 8.89. The molecule has 0 aliphatic carbocycles. The zero-order valence-electron chi connectivity index (χ0n) is 11.4. The van der Waals surface area contributed by atoms with Gasteiger partial charge >= 0.3 is 5.97 Å². The Balaban J connectivity index is 2.07. The minimum absolute atomic E-state index is 0.339. The minimum Gasteiger partial charge on any atom is -0.478 e. The van der Waals surface area contributed by atoms with E-state index in [2.05, 4.69) is 11.8 Å². The second kappa shape index (κ2) is 6.17. The summed E-state index contributed by atoms with van der Waals surface area (Å²) >= 11 is 0. The summed E-state index contributed by atoms with van der Waals surface area (Å²) in [4.78, 5) is 13.3. The first-order valence-corrected chi connectivity index (χ1v) is 6.90. The third-order valence-electron chi connectivity index (χ3n) is 4.03. The predicted octanol–water partition coefficient (Wildman–Crippen LogP) is 2.09. The highest BCUT2D eigenvalue weighted by Gasteiger charge is 2.26. The molecule has 0 radical (unpaired) electrons. The fourth-order valence-electron chi connectivity index (χ4n) is 2.84. The standard InChI is InChI=1S/C15H22N2O2/c1-11-3-2-4-14(9-16)17(11)10-12-5-7-13(8-6-12)15(18)19/h5-8,11,14H,2-4,9-10,16H2,1H3,(H,18,19). The first-order chi connectivity index (χ1) is 9.11. The van der Waals surface area contributed by atoms with Gasteiger partial charge in [0.15, 0.2) is 0 Å². The number of carboxylic acid groups (broad SMARTS) is 1. The SMILES string of the molecule is CC1CCCC(CN)N1Cc1ccc(C(=O)O)cc1. The Morgan fingerprint density at radius 1 is 1.37 bits per heavy atom. The number of benzene rings is 1. The molecule has 1 aliphatic heterocycles. The number of nitrogens with zero attached hydrogens (tertiary/aromatic N) is 1. The van der Waals surface area contributed by atoms with E-state index in [1.165, 1.54) is 12.8 Å². The highest BCUT2D eigenvalue weighted by Crippen LogP contribution is 2.24. The maximum absolute atomic E-state index is 10.8. The van der Waals surface area contributed by atoms with Gasteiger partial charge in [0, 0.05) is 25.2 Å². The number of nitrogens with two attached hydrogens (primary N) is 1. The molecule has 3 N–H and O–H groups in total. The van der Waals surface area contributed by atoms with Gasteiger partial charge in [0.25, 0.3) is 0 Å². The number of carbonyl (C=O) groups is 1. The van der Waals surface area contributed by atoms with Crippen LogP contribution in [0, 0.1) is 0 Å². The maximum atomic E-state index is 10.8. The van der Waals surface area contributed by atoms with Crippen LogP contribution in [0.5, 0.6) is 0 Å². The van der Waals surface area contributed by atoms with Gasteiger partial charge in [-0.2, -0.15) is 0 Å². The zero-order chi connectivity index (χ0) is 13.8. The van der Waals surface area contributed by atoms with Crippen LogP contribution in [-0.4, -0.2) is 34.6 Å². The molecule has 1 aromatic rings. The Morgan fingerprint density at radius 2 is 2.05 bits per heavy atom. The third-order valence-corrected chi connectivity index (χ3v) is 4.03. The van der Waals surface area contributed by atoms with Crippen LogP contribution < -0.4 is 5.73 Å². The summed E-state index contributed by atoms with van der Waals surface area (Å²) in [7, 11) is 0. The molecule has 1 aliphatic rings. The van der Waals surface area contributed by atoms with Crippen molar-refractivity contribution in [2.45, 2.75) is 44.8 Å². The van der Waals surface area contributed by atoms with Gasteiger partial charge in [0.2, 0.25) is 0 Å². The fraction of sp³-hybridized carbons (Fsp3) is 0.533. The molecule has 1 saturated heterocycles. The van der Waals surface area contributed by atoms with E-state index in [0.717, 1.165) is 18.5 Å². The van der Waals surface area contributed by atoms with Crippen molar-refractivity contribution in [3.05, 3.63) is 35.4 Å². The maximum Gasteiger partial charge on any atom is 0.335 e. The van der Waals surface area contributed by atoms with Crippen LogP contribution in [0.1, 0.15) is 42.1 Å². The number of hydrogen-bond acceptors (Lipinski definition) is 3. The molecule has 2 atom stereocenters. The van der Waals surface area contributed by atoms with Crippen LogP contribution in [0.4, 0.5) is 0 Å². The molecular formula is C15H22N2O2. The molecule has 0 bridgehead atoms. The average molecular weight is 262 g/mol. The van der Waals surface area contributed by atoms with E-state index >= 15 is 0 Å². The van der Waals surface area contributed by atoms with Gasteiger partial charge < -0.3 is 10.8 Å². The highest BCUT2D eigenvalue weighted by atomic mass is 16.4. The van der Waals surface area contributed by atoms with Gasteiger partial charge in [-0.15, -0.1) is 0 Å². The van der Waals surface area contributed by atoms with Crippen LogP contribution in [0.15, 0.2) is 24.3 Å². The molecule has 1 heterocycles. The normalized spacial score (nSPS) is 24.3. The number of hydrogen-bond donors (Lipinski definition) is 2. The lowest BCUT2D eigenvalue weighted by molar-refractivity contribution is 0.0696. The molecule has 0 spiro atoms. The van der Waals surface area contributed by atoms with Crippen molar-refractivity contribution in [2.24, 2.45) is 5.73 Å². The fourth-order valence-corrected chi connectivity index (χ4v) is 2.84. The third kappa shape index (κ3) is 3.33. The van der Waals surface area contributed by atoms with Crippen LogP contribution in [-0.2, 0) is 6.54 Å². The van der Waals surface area contributed by atoms with Crippen molar-refractivity contribution in [1.82, 2.24) is 4.90 Å². The number of aromatic carboxylic acids is 1. The summed E-state index contributed by atoms with van der Waals surface area (Å²) in [6.07, 6.45) is 3.62. The van der Waals surface area contributed by atoms with E-state index in [1.54, 1.807) is 12.1 Å². The van der Waals surface area contributed by atoms with Gasteiger partial charge in [0.1, 0.15) is 0 Å². The van der Waals surface area contributed by atoms with Gasteiger partial charge in [-0.05, 0) is 37.5 Å². The van der Waals surface area contributed by atoms with Crippen molar-refractivity contribution in [2.75, 3.05) is 6.54 Å². The van der Waals surface area contributed by atoms with Crippen molar-refractivity contribution in [3.8, 4) is 0 Å². The zero-order valence-corrected chi connectivity index (χ0v) is 11.4. The van der Waals surface area contributed by atoms with E-state index in [4.69, 9.17) is 10.8 Å². The van der Waals surface area contributed by atoms with Crippen molar-refractivity contribution >= 4 is 5.97 Å². The monoisotopic (exact) mass is 262 g/mol. The quantitative estimate of drug-likeness (QED) is 0.872. The molecule has 2 rings (SSSR count). The van der Waals surface area contributed by atoms with E-state index in [9.17, 15) is 4.79 Å². The molecule has 19 heavy (non-hydrogen) atoms. The highest BCUT2D eigenvalue weighted by molar-refractivity contribution is 5.87. The first kappa shape index (κ1) is 14.0. The molecule has 4 nitrogen and oxygen atoms in total. The molecule has 2 unspecified atom stereocenters. The Kier molecular flexibility index (Phi) is 4.56.